The van der Waals surface area contributed by atoms with Crippen molar-refractivity contribution < 1.29 is 18.9 Å². The number of allylic oxidation sites excluding steroid dienone is 1. The Labute approximate surface area is 138 Å². The first-order valence-electron chi connectivity index (χ1n) is 8.51. The molecule has 2 fully saturated rings. The summed E-state index contributed by atoms with van der Waals surface area (Å²) in [6.45, 7) is 8.57. The van der Waals surface area contributed by atoms with Crippen molar-refractivity contribution >= 4 is 0 Å². The van der Waals surface area contributed by atoms with Gasteiger partial charge < -0.3 is 14.2 Å². The van der Waals surface area contributed by atoms with Gasteiger partial charge in [0.15, 0.2) is 6.29 Å². The van der Waals surface area contributed by atoms with Crippen molar-refractivity contribution in [1.29, 1.82) is 0 Å². The molecule has 2 aliphatic heterocycles. The number of benzene rings is 1. The van der Waals surface area contributed by atoms with Gasteiger partial charge in [-0.3, -0.25) is 4.74 Å². The van der Waals surface area contributed by atoms with Crippen LogP contribution in [0.3, 0.4) is 0 Å². The van der Waals surface area contributed by atoms with Crippen LogP contribution in [0.15, 0.2) is 43.0 Å². The summed E-state index contributed by atoms with van der Waals surface area (Å²) in [7, 11) is 0. The minimum absolute atomic E-state index is 0.0976. The zero-order valence-corrected chi connectivity index (χ0v) is 13.9. The van der Waals surface area contributed by atoms with Gasteiger partial charge in [0.1, 0.15) is 6.10 Å². The van der Waals surface area contributed by atoms with Crippen LogP contribution in [0.1, 0.15) is 38.7 Å². The van der Waals surface area contributed by atoms with E-state index in [9.17, 15) is 0 Å². The Hall–Kier alpha value is -1.20. The smallest absolute Gasteiger partial charge is 0.314 e. The molecule has 0 spiro atoms. The Morgan fingerprint density at radius 3 is 2.70 bits per heavy atom. The van der Waals surface area contributed by atoms with Crippen LogP contribution in [0.2, 0.25) is 0 Å². The van der Waals surface area contributed by atoms with E-state index in [0.717, 1.165) is 24.8 Å². The van der Waals surface area contributed by atoms with Crippen molar-refractivity contribution in [3.8, 4) is 0 Å². The van der Waals surface area contributed by atoms with Crippen LogP contribution in [-0.2, 0) is 24.9 Å². The van der Waals surface area contributed by atoms with Crippen molar-refractivity contribution in [3.63, 3.8) is 0 Å². The minimum atomic E-state index is -1.16. The Kier molecular flexibility index (Phi) is 5.17. The van der Waals surface area contributed by atoms with Gasteiger partial charge in [-0.25, -0.2) is 0 Å². The van der Waals surface area contributed by atoms with Gasteiger partial charge in [0.05, 0.1) is 12.7 Å². The predicted octanol–water partition coefficient (Wildman–Crippen LogP) is 3.97. The van der Waals surface area contributed by atoms with Crippen LogP contribution in [0.4, 0.5) is 0 Å². The van der Waals surface area contributed by atoms with Gasteiger partial charge in [-0.2, -0.15) is 0 Å². The molecular formula is C19H26O4. The second-order valence-corrected chi connectivity index (χ2v) is 6.21. The maximum Gasteiger partial charge on any atom is 0.314 e. The fraction of sp³-hybridized carbons (Fsp3) is 0.579. The highest BCUT2D eigenvalue weighted by Gasteiger charge is 2.57. The molecule has 126 valence electrons. The average molecular weight is 318 g/mol. The van der Waals surface area contributed by atoms with Crippen molar-refractivity contribution in [3.05, 3.63) is 48.6 Å². The molecule has 3 rings (SSSR count). The molecule has 2 heterocycles. The molecule has 0 aromatic heterocycles. The Morgan fingerprint density at radius 1 is 1.26 bits per heavy atom. The topological polar surface area (TPSA) is 36.9 Å². The Morgan fingerprint density at radius 2 is 2.04 bits per heavy atom. The maximum atomic E-state index is 6.29. The van der Waals surface area contributed by atoms with E-state index in [1.807, 2.05) is 36.4 Å². The van der Waals surface area contributed by atoms with Gasteiger partial charge in [-0.1, -0.05) is 50.3 Å². The van der Waals surface area contributed by atoms with E-state index in [2.05, 4.69) is 20.4 Å². The second kappa shape index (κ2) is 7.14. The lowest BCUT2D eigenvalue weighted by Crippen LogP contribution is -2.35. The van der Waals surface area contributed by atoms with E-state index in [4.69, 9.17) is 18.9 Å². The monoisotopic (exact) mass is 318 g/mol. The highest BCUT2D eigenvalue weighted by Crippen LogP contribution is 2.46. The summed E-state index contributed by atoms with van der Waals surface area (Å²) in [6, 6.07) is 9.83. The lowest BCUT2D eigenvalue weighted by molar-refractivity contribution is -0.374. The largest absolute Gasteiger partial charge is 0.346 e. The quantitative estimate of drug-likeness (QED) is 0.563. The standard InChI is InChI=1S/C19H26O4/c1-4-6-10-13-20-19(15-11-8-7-9-12-15)22-17-14(3)16(5-2)21-18(17)23-19/h4,7-9,11-12,14,16-18H,1,5-6,10,13H2,2-3H3. The molecule has 2 saturated heterocycles. The first-order chi connectivity index (χ1) is 11.2. The lowest BCUT2D eigenvalue weighted by Gasteiger charge is -2.30. The molecule has 5 unspecified atom stereocenters. The van der Waals surface area contributed by atoms with Gasteiger partial charge in [-0.15, -0.1) is 6.58 Å². The molecule has 4 heteroatoms. The van der Waals surface area contributed by atoms with Crippen molar-refractivity contribution in [2.75, 3.05) is 6.61 Å². The van der Waals surface area contributed by atoms with Crippen LogP contribution >= 0.6 is 0 Å². The maximum absolute atomic E-state index is 6.29. The first kappa shape index (κ1) is 16.7. The predicted molar refractivity (Wildman–Crippen MR) is 87.6 cm³/mol. The van der Waals surface area contributed by atoms with E-state index in [1.54, 1.807) is 0 Å². The van der Waals surface area contributed by atoms with Crippen LogP contribution < -0.4 is 0 Å². The fourth-order valence-electron chi connectivity index (χ4n) is 3.28. The van der Waals surface area contributed by atoms with E-state index >= 15 is 0 Å². The summed E-state index contributed by atoms with van der Waals surface area (Å²) in [6.07, 6.45) is 4.35. The van der Waals surface area contributed by atoms with Crippen molar-refractivity contribution in [2.45, 2.75) is 57.6 Å². The fourth-order valence-corrected chi connectivity index (χ4v) is 3.28. The highest BCUT2D eigenvalue weighted by atomic mass is 16.9. The summed E-state index contributed by atoms with van der Waals surface area (Å²) in [4.78, 5) is 0. The molecule has 1 aromatic carbocycles. The third-order valence-electron chi connectivity index (χ3n) is 4.62. The van der Waals surface area contributed by atoms with Gasteiger partial charge in [0.2, 0.25) is 0 Å². The highest BCUT2D eigenvalue weighted by molar-refractivity contribution is 5.19. The second-order valence-electron chi connectivity index (χ2n) is 6.21. The summed E-state index contributed by atoms with van der Waals surface area (Å²) >= 11 is 0. The molecule has 0 aliphatic carbocycles. The van der Waals surface area contributed by atoms with Crippen LogP contribution in [0.5, 0.6) is 0 Å². The number of fused-ring (bicyclic) bond motifs is 1. The molecule has 0 bridgehead atoms. The summed E-state index contributed by atoms with van der Waals surface area (Å²) in [5, 5.41) is 0. The summed E-state index contributed by atoms with van der Waals surface area (Å²) < 4.78 is 24.5. The SMILES string of the molecule is C=CCCCOC1(c2ccccc2)OC2OC(CC)C(C)C2O1. The van der Waals surface area contributed by atoms with Crippen molar-refractivity contribution in [1.82, 2.24) is 0 Å². The average Bonchev–Trinajstić information content (AvgIpc) is 3.09. The molecule has 0 radical (unpaired) electrons. The molecule has 0 saturated carbocycles. The summed E-state index contributed by atoms with van der Waals surface area (Å²) in [5.41, 5.74) is 0.872. The molecule has 23 heavy (non-hydrogen) atoms. The molecule has 2 aliphatic rings. The van der Waals surface area contributed by atoms with Gasteiger partial charge in [-0.05, 0) is 19.3 Å². The van der Waals surface area contributed by atoms with Crippen LogP contribution in [0, 0.1) is 5.92 Å². The molecule has 0 amide bonds. The van der Waals surface area contributed by atoms with E-state index < -0.39 is 5.97 Å². The van der Waals surface area contributed by atoms with Gasteiger partial charge in [0.25, 0.3) is 0 Å². The number of hydrogen-bond donors (Lipinski definition) is 0. The third kappa shape index (κ3) is 3.22. The van der Waals surface area contributed by atoms with Crippen LogP contribution in [0.25, 0.3) is 0 Å². The zero-order chi connectivity index (χ0) is 16.3. The first-order valence-corrected chi connectivity index (χ1v) is 8.51. The van der Waals surface area contributed by atoms with E-state index in [1.165, 1.54) is 0 Å². The molecule has 1 aromatic rings. The number of ether oxygens (including phenoxy) is 4. The molecule has 5 atom stereocenters. The minimum Gasteiger partial charge on any atom is -0.346 e. The molecular weight excluding hydrogens is 292 g/mol. The number of hydrogen-bond acceptors (Lipinski definition) is 4. The number of rotatable bonds is 7. The van der Waals surface area contributed by atoms with Crippen molar-refractivity contribution in [2.24, 2.45) is 5.92 Å². The molecule has 0 N–H and O–H groups in total. The third-order valence-corrected chi connectivity index (χ3v) is 4.62. The van der Waals surface area contributed by atoms with Crippen LogP contribution in [-0.4, -0.2) is 25.1 Å². The van der Waals surface area contributed by atoms with E-state index in [0.29, 0.717) is 6.61 Å². The van der Waals surface area contributed by atoms with E-state index in [-0.39, 0.29) is 24.4 Å². The van der Waals surface area contributed by atoms with Gasteiger partial charge in [0, 0.05) is 11.5 Å². The summed E-state index contributed by atoms with van der Waals surface area (Å²) in [5.74, 6) is -0.877. The lowest BCUT2D eigenvalue weighted by atomic mass is 9.99. The normalized spacial score (nSPS) is 36.1. The van der Waals surface area contributed by atoms with Gasteiger partial charge >= 0.3 is 5.97 Å². The Balaban J connectivity index is 1.77. The Bertz CT molecular complexity index is 517. The zero-order valence-electron chi connectivity index (χ0n) is 13.9. The molecule has 4 nitrogen and oxygen atoms in total. The number of unbranched alkanes of at least 4 members (excludes halogenated alkanes) is 1.